The van der Waals surface area contributed by atoms with E-state index in [2.05, 4.69) is 34.5 Å². The number of hydrogen-bond donors (Lipinski definition) is 1. The molecule has 18 heavy (non-hydrogen) atoms. The molecule has 0 saturated heterocycles. The zero-order chi connectivity index (χ0) is 13.5. The number of rotatable bonds is 6. The van der Waals surface area contributed by atoms with Crippen molar-refractivity contribution in [3.63, 3.8) is 0 Å². The van der Waals surface area contributed by atoms with Gasteiger partial charge in [0.2, 0.25) is 5.91 Å². The lowest BCUT2D eigenvalue weighted by Crippen LogP contribution is -2.36. The largest absolute Gasteiger partial charge is 0.375 e. The molecule has 3 nitrogen and oxygen atoms in total. The number of carbonyl (C=O) groups excluding carboxylic acids is 1. The van der Waals surface area contributed by atoms with Gasteiger partial charge in [-0.05, 0) is 48.6 Å². The third-order valence-electron chi connectivity index (χ3n) is 2.50. The van der Waals surface area contributed by atoms with E-state index >= 15 is 0 Å². The maximum absolute atomic E-state index is 12.0. The molecule has 0 bridgehead atoms. The van der Waals surface area contributed by atoms with Gasteiger partial charge in [-0.15, -0.1) is 0 Å². The first-order chi connectivity index (χ1) is 8.54. The molecule has 0 radical (unpaired) electrons. The second-order valence-electron chi connectivity index (χ2n) is 4.20. The molecule has 0 unspecified atom stereocenters. The smallest absolute Gasteiger partial charge is 0.242 e. The summed E-state index contributed by atoms with van der Waals surface area (Å²) in [7, 11) is 0. The highest BCUT2D eigenvalue weighted by atomic mass is 127. The predicted octanol–water partition coefficient (Wildman–Crippen LogP) is 3.13. The number of halogens is 1. The molecule has 1 rings (SSSR count). The third-order valence-corrected chi connectivity index (χ3v) is 3.44. The lowest BCUT2D eigenvalue weighted by molar-refractivity contribution is -0.128. The summed E-state index contributed by atoms with van der Waals surface area (Å²) in [6.45, 7) is 9.41. The first-order valence-corrected chi connectivity index (χ1v) is 7.03. The molecule has 0 saturated carbocycles. The number of likely N-dealkylation sites (N-methyl/N-ethyl adjacent to an activating group) is 1. The van der Waals surface area contributed by atoms with Gasteiger partial charge in [0.25, 0.3) is 0 Å². The van der Waals surface area contributed by atoms with Gasteiger partial charge in [0.1, 0.15) is 0 Å². The third kappa shape index (κ3) is 4.68. The number of para-hydroxylation sites is 1. The number of nitrogens with zero attached hydrogens (tertiary/aromatic N) is 1. The monoisotopic (exact) mass is 358 g/mol. The van der Waals surface area contributed by atoms with Crippen LogP contribution in [0.4, 0.5) is 5.69 Å². The highest BCUT2D eigenvalue weighted by Gasteiger charge is 2.11. The molecule has 1 aromatic rings. The lowest BCUT2D eigenvalue weighted by Gasteiger charge is -2.21. The van der Waals surface area contributed by atoms with Crippen LogP contribution in [-0.2, 0) is 4.79 Å². The van der Waals surface area contributed by atoms with E-state index in [0.29, 0.717) is 19.6 Å². The summed E-state index contributed by atoms with van der Waals surface area (Å²) in [6, 6.07) is 7.93. The zero-order valence-corrected chi connectivity index (χ0v) is 13.0. The van der Waals surface area contributed by atoms with E-state index in [-0.39, 0.29) is 5.91 Å². The van der Waals surface area contributed by atoms with Gasteiger partial charge in [-0.1, -0.05) is 24.3 Å². The fraction of sp³-hybridized carbons (Fsp3) is 0.357. The summed E-state index contributed by atoms with van der Waals surface area (Å²) < 4.78 is 1.12. The maximum Gasteiger partial charge on any atom is 0.242 e. The minimum absolute atomic E-state index is 0.0974. The Balaban J connectivity index is 2.54. The van der Waals surface area contributed by atoms with Crippen LogP contribution in [0.15, 0.2) is 36.4 Å². The van der Waals surface area contributed by atoms with Gasteiger partial charge in [0, 0.05) is 22.3 Å². The van der Waals surface area contributed by atoms with Crippen LogP contribution in [0.5, 0.6) is 0 Å². The van der Waals surface area contributed by atoms with Gasteiger partial charge < -0.3 is 10.2 Å². The minimum atomic E-state index is 0.0974. The highest BCUT2D eigenvalue weighted by molar-refractivity contribution is 14.1. The summed E-state index contributed by atoms with van der Waals surface area (Å²) in [5.41, 5.74) is 2.00. The normalized spacial score (nSPS) is 9.94. The Hall–Kier alpha value is -1.04. The molecule has 0 heterocycles. The minimum Gasteiger partial charge on any atom is -0.375 e. The topological polar surface area (TPSA) is 32.3 Å². The molecule has 0 aliphatic heterocycles. The van der Waals surface area contributed by atoms with Crippen LogP contribution in [0.25, 0.3) is 0 Å². The Labute approximate surface area is 122 Å². The van der Waals surface area contributed by atoms with E-state index in [0.717, 1.165) is 14.8 Å². The van der Waals surface area contributed by atoms with Crippen LogP contribution in [-0.4, -0.2) is 30.4 Å². The van der Waals surface area contributed by atoms with Crippen molar-refractivity contribution >= 4 is 34.2 Å². The van der Waals surface area contributed by atoms with Crippen molar-refractivity contribution in [1.29, 1.82) is 0 Å². The summed E-state index contributed by atoms with van der Waals surface area (Å²) >= 11 is 2.25. The van der Waals surface area contributed by atoms with Gasteiger partial charge in [-0.2, -0.15) is 0 Å². The summed E-state index contributed by atoms with van der Waals surface area (Å²) in [4.78, 5) is 13.8. The van der Waals surface area contributed by atoms with Gasteiger partial charge in [-0.25, -0.2) is 0 Å². The van der Waals surface area contributed by atoms with Crippen LogP contribution >= 0.6 is 22.6 Å². The number of nitrogens with one attached hydrogen (secondary N) is 1. The second kappa shape index (κ2) is 7.41. The lowest BCUT2D eigenvalue weighted by atomic mass is 10.3. The molecule has 1 N–H and O–H groups in total. The molecule has 1 amide bonds. The van der Waals surface area contributed by atoms with E-state index in [1.807, 2.05) is 38.1 Å². The van der Waals surface area contributed by atoms with Crippen LogP contribution in [0.1, 0.15) is 13.8 Å². The highest BCUT2D eigenvalue weighted by Crippen LogP contribution is 2.16. The van der Waals surface area contributed by atoms with E-state index < -0.39 is 0 Å². The average Bonchev–Trinajstić information content (AvgIpc) is 2.34. The van der Waals surface area contributed by atoms with Gasteiger partial charge in [0.15, 0.2) is 0 Å². The fourth-order valence-corrected chi connectivity index (χ4v) is 2.17. The molecular formula is C14H19IN2O. The van der Waals surface area contributed by atoms with Crippen molar-refractivity contribution in [3.05, 3.63) is 40.0 Å². The molecular weight excluding hydrogens is 339 g/mol. The number of benzene rings is 1. The van der Waals surface area contributed by atoms with E-state index in [4.69, 9.17) is 0 Å². The molecule has 0 atom stereocenters. The van der Waals surface area contributed by atoms with E-state index in [1.54, 1.807) is 4.90 Å². The molecule has 4 heteroatoms. The van der Waals surface area contributed by atoms with Crippen molar-refractivity contribution in [3.8, 4) is 0 Å². The van der Waals surface area contributed by atoms with Gasteiger partial charge >= 0.3 is 0 Å². The number of anilines is 1. The van der Waals surface area contributed by atoms with Crippen molar-refractivity contribution in [2.45, 2.75) is 13.8 Å². The number of amides is 1. The van der Waals surface area contributed by atoms with Crippen molar-refractivity contribution in [2.24, 2.45) is 0 Å². The van der Waals surface area contributed by atoms with Crippen LogP contribution in [0.2, 0.25) is 0 Å². The predicted molar refractivity (Wildman–Crippen MR) is 84.7 cm³/mol. The average molecular weight is 358 g/mol. The molecule has 0 aromatic heterocycles. The van der Waals surface area contributed by atoms with Crippen LogP contribution in [0.3, 0.4) is 0 Å². The molecule has 98 valence electrons. The van der Waals surface area contributed by atoms with Crippen LogP contribution < -0.4 is 5.32 Å². The van der Waals surface area contributed by atoms with E-state index in [9.17, 15) is 4.79 Å². The molecule has 0 aliphatic carbocycles. The van der Waals surface area contributed by atoms with Crippen molar-refractivity contribution in [1.82, 2.24) is 4.90 Å². The van der Waals surface area contributed by atoms with E-state index in [1.165, 1.54) is 0 Å². The van der Waals surface area contributed by atoms with Crippen molar-refractivity contribution in [2.75, 3.05) is 25.0 Å². The summed E-state index contributed by atoms with van der Waals surface area (Å²) in [6.07, 6.45) is 0. The summed E-state index contributed by atoms with van der Waals surface area (Å²) in [5.74, 6) is 0.0974. The van der Waals surface area contributed by atoms with Gasteiger partial charge in [0.05, 0.1) is 6.54 Å². The fourth-order valence-electron chi connectivity index (χ4n) is 1.59. The first-order valence-electron chi connectivity index (χ1n) is 5.95. The van der Waals surface area contributed by atoms with Crippen LogP contribution in [0, 0.1) is 3.57 Å². The Bertz CT molecular complexity index is 432. The molecule has 0 aliphatic rings. The molecule has 0 spiro atoms. The maximum atomic E-state index is 12.0. The molecule has 1 aromatic carbocycles. The SMILES string of the molecule is C=C(C)CN(CC)C(=O)CNc1ccccc1I. The van der Waals surface area contributed by atoms with Gasteiger partial charge in [-0.3, -0.25) is 4.79 Å². The Kier molecular flexibility index (Phi) is 6.18. The van der Waals surface area contributed by atoms with Crippen molar-refractivity contribution < 1.29 is 4.79 Å². The number of carbonyl (C=O) groups is 1. The Morgan fingerprint density at radius 2 is 2.11 bits per heavy atom. The molecule has 0 fully saturated rings. The zero-order valence-electron chi connectivity index (χ0n) is 10.9. The second-order valence-corrected chi connectivity index (χ2v) is 5.36. The quantitative estimate of drug-likeness (QED) is 0.626. The summed E-state index contributed by atoms with van der Waals surface area (Å²) in [5, 5.41) is 3.17. The number of hydrogen-bond acceptors (Lipinski definition) is 2. The standard InChI is InChI=1S/C14H19IN2O/c1-4-17(10-11(2)3)14(18)9-16-13-8-6-5-7-12(13)15/h5-8,16H,2,4,9-10H2,1,3H3. The first kappa shape index (κ1) is 15.0. The Morgan fingerprint density at radius 1 is 1.44 bits per heavy atom. The Morgan fingerprint density at radius 3 is 2.67 bits per heavy atom.